The third-order valence-corrected chi connectivity index (χ3v) is 7.74. The van der Waals surface area contributed by atoms with Gasteiger partial charge in [-0.2, -0.15) is 0 Å². The molecule has 2 heterocycles. The van der Waals surface area contributed by atoms with Crippen molar-refractivity contribution < 1.29 is 41.9 Å². The Morgan fingerprint density at radius 1 is 0.617 bits per heavy atom. The number of nitrogens with zero attached hydrogens (tertiary/aromatic N) is 6. The van der Waals surface area contributed by atoms with Crippen LogP contribution in [0.3, 0.4) is 0 Å². The number of rotatable bonds is 8. The van der Waals surface area contributed by atoms with Crippen molar-refractivity contribution in [2.45, 2.75) is 27.7 Å². The van der Waals surface area contributed by atoms with Gasteiger partial charge < -0.3 is 24.8 Å². The minimum atomic E-state index is -0.214. The minimum absolute atomic E-state index is 0. The van der Waals surface area contributed by atoms with Crippen LogP contribution in [-0.2, 0) is 31.2 Å². The molecule has 0 amide bonds. The molecule has 247 valence electrons. The predicted molar refractivity (Wildman–Crippen MR) is 181 cm³/mol. The van der Waals surface area contributed by atoms with Crippen LogP contribution < -0.4 is 35.9 Å². The van der Waals surface area contributed by atoms with Crippen molar-refractivity contribution in [3.8, 4) is 11.4 Å². The summed E-state index contributed by atoms with van der Waals surface area (Å²) < 4.78 is 6.84. The molecule has 0 fully saturated rings. The van der Waals surface area contributed by atoms with Crippen LogP contribution in [0, 0.1) is 13.8 Å². The fourth-order valence-electron chi connectivity index (χ4n) is 5.14. The molecule has 1 radical (unpaired) electrons. The average Bonchev–Trinajstić information content (AvgIpc) is 3.38. The van der Waals surface area contributed by atoms with E-state index in [1.807, 2.05) is 160 Å². The number of para-hydroxylation sites is 2. The quantitative estimate of drug-likeness (QED) is 0.135. The van der Waals surface area contributed by atoms with E-state index in [1.165, 1.54) is 0 Å². The Bertz CT molecular complexity index is 1930. The zero-order chi connectivity index (χ0) is 31.4. The Balaban J connectivity index is 0.00000256. The van der Waals surface area contributed by atoms with E-state index < -0.39 is 0 Å². The number of aromatic nitrogens is 4. The van der Waals surface area contributed by atoms with Crippen LogP contribution in [0.15, 0.2) is 128 Å². The minimum Gasteiger partial charge on any atom is -1.00 e. The molecule has 8 nitrogen and oxygen atoms in total. The van der Waals surface area contributed by atoms with Crippen molar-refractivity contribution in [3.05, 3.63) is 146 Å². The fourth-order valence-corrected chi connectivity index (χ4v) is 5.14. The van der Waals surface area contributed by atoms with E-state index in [2.05, 4.69) is 0 Å². The van der Waals surface area contributed by atoms with E-state index in [4.69, 9.17) is 9.98 Å². The predicted octanol–water partition coefficient (Wildman–Crippen LogP) is 0.813. The van der Waals surface area contributed by atoms with Gasteiger partial charge in [-0.3, -0.25) is 19.0 Å². The van der Waals surface area contributed by atoms with Gasteiger partial charge in [-0.05, 0) is 57.5 Å². The van der Waals surface area contributed by atoms with E-state index in [0.717, 1.165) is 28.3 Å². The molecule has 47 heavy (non-hydrogen) atoms. The molecule has 11 heteroatoms. The Kier molecular flexibility index (Phi) is 14.0. The van der Waals surface area contributed by atoms with Gasteiger partial charge in [-0.15, -0.1) is 0 Å². The molecule has 5 aromatic rings. The SMILES string of the molecule is CC(=Nc1c(C)n(C)n(-c2ccccc2)c1=O)C(=C/C=C/c1ccccc1)C(C)=Nc1c(C)n(C)n(-c2ccccc2)c1=O.[Cl-].[Cl-].[Cu+2]. The average molecular weight is 719 g/mol. The van der Waals surface area contributed by atoms with Crippen LogP contribution in [0.5, 0.6) is 0 Å². The maximum absolute atomic E-state index is 13.6. The van der Waals surface area contributed by atoms with Crippen LogP contribution in [-0.4, -0.2) is 30.2 Å². The molecule has 0 aliphatic carbocycles. The summed E-state index contributed by atoms with van der Waals surface area (Å²) in [6.07, 6.45) is 5.85. The van der Waals surface area contributed by atoms with Gasteiger partial charge in [0.1, 0.15) is 0 Å². The van der Waals surface area contributed by atoms with Crippen molar-refractivity contribution in [2.75, 3.05) is 0 Å². The first kappa shape index (κ1) is 38.8. The van der Waals surface area contributed by atoms with Gasteiger partial charge in [0, 0.05) is 31.1 Å². The van der Waals surface area contributed by atoms with Crippen molar-refractivity contribution in [1.29, 1.82) is 0 Å². The van der Waals surface area contributed by atoms with E-state index in [0.29, 0.717) is 28.4 Å². The number of hydrogen-bond acceptors (Lipinski definition) is 4. The molecule has 3 aromatic carbocycles. The molecule has 0 spiro atoms. The summed E-state index contributed by atoms with van der Waals surface area (Å²) in [6.45, 7) is 7.48. The number of aliphatic imine (C=N–C) groups is 2. The third-order valence-electron chi connectivity index (χ3n) is 7.74. The summed E-state index contributed by atoms with van der Waals surface area (Å²) in [4.78, 5) is 37.0. The second-order valence-corrected chi connectivity index (χ2v) is 10.6. The maximum atomic E-state index is 13.6. The second kappa shape index (κ2) is 17.0. The zero-order valence-electron chi connectivity index (χ0n) is 26.9. The first-order valence-electron chi connectivity index (χ1n) is 14.4. The molecule has 0 atom stereocenters. The van der Waals surface area contributed by atoms with Crippen LogP contribution in [0.1, 0.15) is 30.8 Å². The van der Waals surface area contributed by atoms with Crippen molar-refractivity contribution in [3.63, 3.8) is 0 Å². The molecule has 0 aliphatic heterocycles. The topological polar surface area (TPSA) is 78.6 Å². The van der Waals surface area contributed by atoms with E-state index in [-0.39, 0.29) is 53.0 Å². The fraction of sp³-hybridized carbons (Fsp3) is 0.167. The molecule has 0 bridgehead atoms. The molecule has 2 aromatic heterocycles. The standard InChI is InChI=1S/C36H36N6O2.2ClH.Cu/c1-25(37-33-27(3)39(5)41(35(33)43)30-20-12-8-13-21-30)32(24-16-19-29-17-10-7-11-18-29)26(2)38-34-28(4)40(6)42(36(34)44)31-22-14-9-15-23-31;;;/h7-24H,1-6H3;2*1H;/q;;;+2/p-2/b19-16+,32-24?,37-25?,38-26?;;;. The molecular weight excluding hydrogens is 683 g/mol. The maximum Gasteiger partial charge on any atom is 2.00 e. The van der Waals surface area contributed by atoms with Crippen LogP contribution in [0.2, 0.25) is 0 Å². The zero-order valence-corrected chi connectivity index (χ0v) is 29.4. The molecule has 0 aliphatic rings. The molecule has 0 N–H and O–H groups in total. The van der Waals surface area contributed by atoms with Gasteiger partial charge in [-0.25, -0.2) is 19.3 Å². The molecule has 0 saturated heterocycles. The summed E-state index contributed by atoms with van der Waals surface area (Å²) in [5.41, 5.74) is 6.21. The smallest absolute Gasteiger partial charge is 1.00 e. The third kappa shape index (κ3) is 8.13. The Morgan fingerprint density at radius 3 is 1.36 bits per heavy atom. The number of halogens is 2. The summed E-state index contributed by atoms with van der Waals surface area (Å²) in [6, 6.07) is 29.0. The molecule has 0 unspecified atom stereocenters. The Labute approximate surface area is 297 Å². The summed E-state index contributed by atoms with van der Waals surface area (Å²) in [5, 5.41) is 0. The summed E-state index contributed by atoms with van der Waals surface area (Å²) >= 11 is 0. The second-order valence-electron chi connectivity index (χ2n) is 10.6. The van der Waals surface area contributed by atoms with Gasteiger partial charge in [-0.1, -0.05) is 85.0 Å². The van der Waals surface area contributed by atoms with E-state index >= 15 is 0 Å². The van der Waals surface area contributed by atoms with Crippen LogP contribution >= 0.6 is 0 Å². The molecule has 5 rings (SSSR count). The normalized spacial score (nSPS) is 11.4. The monoisotopic (exact) mass is 717 g/mol. The summed E-state index contributed by atoms with van der Waals surface area (Å²) in [7, 11) is 3.69. The van der Waals surface area contributed by atoms with Gasteiger partial charge in [0.05, 0.1) is 22.8 Å². The Morgan fingerprint density at radius 2 is 0.979 bits per heavy atom. The number of allylic oxidation sites excluding steroid dienone is 3. The van der Waals surface area contributed by atoms with Gasteiger partial charge in [0.2, 0.25) is 0 Å². The van der Waals surface area contributed by atoms with E-state index in [1.54, 1.807) is 9.36 Å². The summed E-state index contributed by atoms with van der Waals surface area (Å²) in [5.74, 6) is 0. The number of benzene rings is 3. The van der Waals surface area contributed by atoms with Crippen molar-refractivity contribution in [2.24, 2.45) is 24.1 Å². The molecule has 0 saturated carbocycles. The van der Waals surface area contributed by atoms with Crippen molar-refractivity contribution in [1.82, 2.24) is 18.7 Å². The van der Waals surface area contributed by atoms with E-state index in [9.17, 15) is 9.59 Å². The molecular formula is C36H36Cl2CuN6O2. The number of hydrogen-bond donors (Lipinski definition) is 0. The van der Waals surface area contributed by atoms with Gasteiger partial charge in [0.15, 0.2) is 11.4 Å². The first-order chi connectivity index (χ1) is 21.2. The van der Waals surface area contributed by atoms with Crippen LogP contribution in [0.4, 0.5) is 11.4 Å². The van der Waals surface area contributed by atoms with Gasteiger partial charge in [0.25, 0.3) is 11.1 Å². The van der Waals surface area contributed by atoms with Crippen molar-refractivity contribution >= 4 is 28.9 Å². The van der Waals surface area contributed by atoms with Crippen LogP contribution in [0.25, 0.3) is 17.5 Å². The Hall–Kier alpha value is -4.40. The first-order valence-corrected chi connectivity index (χ1v) is 14.4. The van der Waals surface area contributed by atoms with Gasteiger partial charge >= 0.3 is 17.1 Å². The largest absolute Gasteiger partial charge is 2.00 e.